The molecule has 16 heavy (non-hydrogen) atoms. The highest BCUT2D eigenvalue weighted by molar-refractivity contribution is 5.75. The molecular formula is C13H12O3. The molecule has 1 aliphatic heterocycles. The Bertz CT molecular complexity index is 417. The molecule has 1 aliphatic rings. The van der Waals surface area contributed by atoms with E-state index in [0.29, 0.717) is 18.6 Å². The van der Waals surface area contributed by atoms with Crippen molar-refractivity contribution in [3.63, 3.8) is 0 Å². The number of aldehydes is 1. The fraction of sp³-hybridized carbons (Fsp3) is 0.231. The summed E-state index contributed by atoms with van der Waals surface area (Å²) in [5.41, 5.74) is 2.80. The zero-order chi connectivity index (χ0) is 11.4. The molecule has 0 amide bonds. The molecule has 0 spiro atoms. The highest BCUT2D eigenvalue weighted by atomic mass is 16.5. The summed E-state index contributed by atoms with van der Waals surface area (Å²) in [5, 5.41) is 0. The second kappa shape index (κ2) is 4.75. The van der Waals surface area contributed by atoms with E-state index in [0.717, 1.165) is 23.8 Å². The molecule has 0 atom stereocenters. The quantitative estimate of drug-likeness (QED) is 0.562. The molecule has 1 heterocycles. The maximum Gasteiger partial charge on any atom is 0.306 e. The van der Waals surface area contributed by atoms with E-state index in [1.165, 1.54) is 0 Å². The van der Waals surface area contributed by atoms with Crippen molar-refractivity contribution in [3.05, 3.63) is 41.0 Å². The molecule has 0 aliphatic carbocycles. The van der Waals surface area contributed by atoms with Crippen molar-refractivity contribution < 1.29 is 14.3 Å². The number of benzene rings is 1. The van der Waals surface area contributed by atoms with Crippen LogP contribution in [0, 0.1) is 0 Å². The van der Waals surface area contributed by atoms with E-state index in [-0.39, 0.29) is 5.97 Å². The maximum atomic E-state index is 10.9. The first-order valence-electron chi connectivity index (χ1n) is 5.18. The third-order valence-corrected chi connectivity index (χ3v) is 2.51. The van der Waals surface area contributed by atoms with Gasteiger partial charge >= 0.3 is 5.97 Å². The van der Waals surface area contributed by atoms with Gasteiger partial charge in [-0.2, -0.15) is 0 Å². The molecule has 0 unspecified atom stereocenters. The number of carbonyl (C=O) groups excluding carboxylic acids is 2. The van der Waals surface area contributed by atoms with Crippen molar-refractivity contribution in [1.29, 1.82) is 0 Å². The zero-order valence-corrected chi connectivity index (χ0v) is 8.81. The minimum Gasteiger partial charge on any atom is -0.461 e. The Hall–Kier alpha value is -1.90. The molecule has 82 valence electrons. The lowest BCUT2D eigenvalue weighted by Gasteiger charge is -2.14. The predicted molar refractivity (Wildman–Crippen MR) is 60.0 cm³/mol. The van der Waals surface area contributed by atoms with E-state index < -0.39 is 0 Å². The first kappa shape index (κ1) is 10.6. The molecule has 1 saturated heterocycles. The van der Waals surface area contributed by atoms with E-state index in [4.69, 9.17) is 4.74 Å². The number of rotatable bonds is 2. The van der Waals surface area contributed by atoms with Crippen molar-refractivity contribution in [1.82, 2.24) is 0 Å². The van der Waals surface area contributed by atoms with Gasteiger partial charge in [0.15, 0.2) is 0 Å². The van der Waals surface area contributed by atoms with Gasteiger partial charge in [0.05, 0.1) is 0 Å². The van der Waals surface area contributed by atoms with E-state index in [2.05, 4.69) is 0 Å². The molecule has 1 aromatic rings. The lowest BCUT2D eigenvalue weighted by Crippen LogP contribution is -2.14. The summed E-state index contributed by atoms with van der Waals surface area (Å²) in [7, 11) is 0. The van der Waals surface area contributed by atoms with Gasteiger partial charge in [0.1, 0.15) is 12.9 Å². The Kier molecular flexibility index (Phi) is 3.15. The molecular weight excluding hydrogens is 204 g/mol. The third kappa shape index (κ3) is 2.57. The van der Waals surface area contributed by atoms with Gasteiger partial charge in [-0.05, 0) is 17.6 Å². The smallest absolute Gasteiger partial charge is 0.306 e. The van der Waals surface area contributed by atoms with Crippen LogP contribution in [-0.4, -0.2) is 18.9 Å². The molecule has 3 heteroatoms. The summed E-state index contributed by atoms with van der Waals surface area (Å²) < 4.78 is 4.94. The second-order valence-corrected chi connectivity index (χ2v) is 3.75. The summed E-state index contributed by atoms with van der Waals surface area (Å²) in [6, 6.07) is 7.31. The van der Waals surface area contributed by atoms with Crippen LogP contribution in [0.1, 0.15) is 28.8 Å². The standard InChI is InChI=1S/C13H12O3/c14-8-11-3-1-10(2-4-11)7-12-5-6-13(15)16-9-12/h1-4,7-8H,5-6,9H2. The topological polar surface area (TPSA) is 43.4 Å². The predicted octanol–water partition coefficient (Wildman–Crippen LogP) is 2.22. The molecule has 2 rings (SSSR count). The highest BCUT2D eigenvalue weighted by Gasteiger charge is 2.12. The van der Waals surface area contributed by atoms with Crippen LogP contribution in [-0.2, 0) is 9.53 Å². The summed E-state index contributed by atoms with van der Waals surface area (Å²) in [4.78, 5) is 21.3. The van der Waals surface area contributed by atoms with Gasteiger partial charge < -0.3 is 4.74 Å². The molecule has 3 nitrogen and oxygen atoms in total. The summed E-state index contributed by atoms with van der Waals surface area (Å²) in [6.45, 7) is 0.383. The van der Waals surface area contributed by atoms with Crippen LogP contribution in [0.4, 0.5) is 0 Å². The fourth-order valence-electron chi connectivity index (χ4n) is 1.60. The van der Waals surface area contributed by atoms with Gasteiger partial charge in [-0.1, -0.05) is 30.3 Å². The van der Waals surface area contributed by atoms with Gasteiger partial charge in [0.2, 0.25) is 0 Å². The monoisotopic (exact) mass is 216 g/mol. The third-order valence-electron chi connectivity index (χ3n) is 2.51. The van der Waals surface area contributed by atoms with Crippen LogP contribution < -0.4 is 0 Å². The number of cyclic esters (lactones) is 1. The number of hydrogen-bond acceptors (Lipinski definition) is 3. The minimum atomic E-state index is -0.131. The Morgan fingerprint density at radius 3 is 2.31 bits per heavy atom. The van der Waals surface area contributed by atoms with Gasteiger partial charge in [-0.25, -0.2) is 0 Å². The fourth-order valence-corrected chi connectivity index (χ4v) is 1.60. The normalized spacial score (nSPS) is 18.2. The summed E-state index contributed by atoms with van der Waals surface area (Å²) in [6.07, 6.45) is 4.03. The number of hydrogen-bond donors (Lipinski definition) is 0. The highest BCUT2D eigenvalue weighted by Crippen LogP contribution is 2.17. The lowest BCUT2D eigenvalue weighted by molar-refractivity contribution is -0.144. The number of esters is 1. The SMILES string of the molecule is O=Cc1ccc(C=C2CCC(=O)OC2)cc1. The van der Waals surface area contributed by atoms with Crippen LogP contribution in [0.5, 0.6) is 0 Å². The van der Waals surface area contributed by atoms with Gasteiger partial charge in [0, 0.05) is 12.0 Å². The van der Waals surface area contributed by atoms with Crippen LogP contribution >= 0.6 is 0 Å². The summed E-state index contributed by atoms with van der Waals surface area (Å²) in [5.74, 6) is -0.131. The van der Waals surface area contributed by atoms with E-state index in [1.54, 1.807) is 12.1 Å². The molecule has 0 saturated carbocycles. The molecule has 0 N–H and O–H groups in total. The first-order chi connectivity index (χ1) is 7.78. The van der Waals surface area contributed by atoms with Gasteiger partial charge in [0.25, 0.3) is 0 Å². The maximum absolute atomic E-state index is 10.9. The molecule has 0 aromatic heterocycles. The van der Waals surface area contributed by atoms with Crippen molar-refractivity contribution in [2.45, 2.75) is 12.8 Å². The average molecular weight is 216 g/mol. The van der Waals surface area contributed by atoms with Crippen LogP contribution in [0.25, 0.3) is 6.08 Å². The Balaban J connectivity index is 2.10. The Morgan fingerprint density at radius 1 is 1.06 bits per heavy atom. The first-order valence-corrected chi connectivity index (χ1v) is 5.18. The van der Waals surface area contributed by atoms with E-state index in [1.807, 2.05) is 18.2 Å². The van der Waals surface area contributed by atoms with Crippen LogP contribution in [0.2, 0.25) is 0 Å². The van der Waals surface area contributed by atoms with E-state index >= 15 is 0 Å². The minimum absolute atomic E-state index is 0.131. The average Bonchev–Trinajstić information content (AvgIpc) is 2.33. The van der Waals surface area contributed by atoms with Crippen molar-refractivity contribution in [2.75, 3.05) is 6.61 Å². The zero-order valence-electron chi connectivity index (χ0n) is 8.81. The van der Waals surface area contributed by atoms with E-state index in [9.17, 15) is 9.59 Å². The molecule has 0 bridgehead atoms. The van der Waals surface area contributed by atoms with Crippen molar-refractivity contribution >= 4 is 18.3 Å². The molecule has 1 aromatic carbocycles. The molecule has 0 radical (unpaired) electrons. The van der Waals surface area contributed by atoms with Gasteiger partial charge in [-0.3, -0.25) is 9.59 Å². The largest absolute Gasteiger partial charge is 0.461 e. The number of carbonyl (C=O) groups is 2. The number of ether oxygens (including phenoxy) is 1. The van der Waals surface area contributed by atoms with Gasteiger partial charge in [-0.15, -0.1) is 0 Å². The molecule has 1 fully saturated rings. The van der Waals surface area contributed by atoms with Crippen molar-refractivity contribution in [3.8, 4) is 0 Å². The van der Waals surface area contributed by atoms with Crippen LogP contribution in [0.15, 0.2) is 29.8 Å². The second-order valence-electron chi connectivity index (χ2n) is 3.75. The van der Waals surface area contributed by atoms with Crippen LogP contribution in [0.3, 0.4) is 0 Å². The summed E-state index contributed by atoms with van der Waals surface area (Å²) >= 11 is 0. The Labute approximate surface area is 93.7 Å². The van der Waals surface area contributed by atoms with Crippen molar-refractivity contribution in [2.24, 2.45) is 0 Å². The Morgan fingerprint density at radius 2 is 1.75 bits per heavy atom. The lowest BCUT2D eigenvalue weighted by atomic mass is 10.0.